The van der Waals surface area contributed by atoms with E-state index in [-0.39, 0.29) is 12.4 Å². The maximum atomic E-state index is 10.8. The monoisotopic (exact) mass is 520 g/mol. The van der Waals surface area contributed by atoms with Crippen molar-refractivity contribution in [1.82, 2.24) is 0 Å². The fraction of sp³-hybridized carbons (Fsp3) is 0.632. The zero-order valence-electron chi connectivity index (χ0n) is 19.0. The predicted octanol–water partition coefficient (Wildman–Crippen LogP) is -1.58. The molecule has 2 heterocycles. The topological polar surface area (TPSA) is 175 Å². The van der Waals surface area contributed by atoms with Crippen LogP contribution in [-0.4, -0.2) is 126 Å². The van der Waals surface area contributed by atoms with Crippen molar-refractivity contribution < 1.29 is 53.5 Å². The average molecular weight is 520 g/mol. The number of rotatable bonds is 9. The van der Waals surface area contributed by atoms with Crippen molar-refractivity contribution >= 4 is 48.8 Å². The van der Waals surface area contributed by atoms with E-state index in [2.05, 4.69) is 12.6 Å². The van der Waals surface area contributed by atoms with Gasteiger partial charge in [-0.1, -0.05) is 0 Å². The normalized spacial score (nSPS) is 34.5. The minimum Gasteiger partial charge on any atom is -0.387 e. The van der Waals surface area contributed by atoms with Crippen LogP contribution in [-0.2, 0) is 23.7 Å². The fourth-order valence-electron chi connectivity index (χ4n) is 3.00. The van der Waals surface area contributed by atoms with E-state index < -0.39 is 63.3 Å². The second kappa shape index (κ2) is 13.7. The summed E-state index contributed by atoms with van der Waals surface area (Å²) in [4.78, 5) is 47.1. The maximum absolute atomic E-state index is 10.8. The Morgan fingerprint density at radius 1 is 0.912 bits per heavy atom. The summed E-state index contributed by atoms with van der Waals surface area (Å²) < 4.78 is 20.8. The Morgan fingerprint density at radius 2 is 1.29 bits per heavy atom. The summed E-state index contributed by atoms with van der Waals surface area (Å²) in [7, 11) is 4.64. The molecule has 4 radical (unpaired) electrons. The molecule has 0 aliphatic carbocycles. The maximum Gasteiger partial charge on any atom is 0.155 e. The van der Waals surface area contributed by atoms with Gasteiger partial charge in [-0.2, -0.15) is 0 Å². The summed E-state index contributed by atoms with van der Waals surface area (Å²) in [5.41, 5.74) is 0. The number of aliphatic hydroxyl groups is 2. The predicted molar refractivity (Wildman–Crippen MR) is 132 cm³/mol. The van der Waals surface area contributed by atoms with Crippen LogP contribution in [0.5, 0.6) is 0 Å². The number of carbonyl (C=O) groups excluding carboxylic acids is 1. The van der Waals surface area contributed by atoms with Crippen LogP contribution in [0.3, 0.4) is 0 Å². The summed E-state index contributed by atoms with van der Waals surface area (Å²) in [5.74, 6) is 2.00. The van der Waals surface area contributed by atoms with E-state index in [1.807, 2.05) is 0 Å². The highest BCUT2D eigenvalue weighted by atomic mass is 31.2. The number of Topliss-reactive ketones (excluding diaryl/α,β-unsaturated/α-hetero) is 1. The van der Waals surface area contributed by atoms with E-state index in [1.165, 1.54) is 19.1 Å². The van der Waals surface area contributed by atoms with Gasteiger partial charge in [-0.3, -0.25) is 4.79 Å². The highest BCUT2D eigenvalue weighted by molar-refractivity contribution is 7.65. The Hall–Kier alpha value is -0.520. The number of aliphatic hydroxyl groups excluding tert-OH is 2. The van der Waals surface area contributed by atoms with E-state index in [0.717, 1.165) is 11.6 Å². The van der Waals surface area contributed by atoms with Crippen LogP contribution in [0.4, 0.5) is 0 Å². The number of ketones is 1. The number of hydrogen-bond acceptors (Lipinski definition) is 11. The molecular weight excluding hydrogens is 488 g/mol. The summed E-state index contributed by atoms with van der Waals surface area (Å²) in [5, 5.41) is 19.7. The zero-order chi connectivity index (χ0) is 26.3. The summed E-state index contributed by atoms with van der Waals surface area (Å²) >= 11 is 0. The molecule has 2 aliphatic heterocycles. The molecule has 15 heteroatoms. The lowest BCUT2D eigenvalue weighted by molar-refractivity contribution is -0.125. The Kier molecular flexibility index (Phi) is 12.7. The molecular formula is C19H32B2O11P2. The molecule has 0 spiro atoms. The van der Waals surface area contributed by atoms with Crippen molar-refractivity contribution in [3.8, 4) is 0 Å². The van der Waals surface area contributed by atoms with Crippen molar-refractivity contribution in [2.75, 3.05) is 13.2 Å². The second-order valence-corrected chi connectivity index (χ2v) is 11.5. The molecule has 8 atom stereocenters. The van der Waals surface area contributed by atoms with E-state index in [0.29, 0.717) is 6.61 Å². The van der Waals surface area contributed by atoms with Crippen molar-refractivity contribution in [2.45, 2.75) is 62.5 Å². The average Bonchev–Trinajstić information content (AvgIpc) is 3.12. The third kappa shape index (κ3) is 11.0. The molecule has 6 N–H and O–H groups in total. The molecule has 0 aromatic heterocycles. The number of ether oxygens (including phenoxy) is 4. The first-order valence-corrected chi connectivity index (χ1v) is 14.1. The first-order chi connectivity index (χ1) is 15.6. The van der Waals surface area contributed by atoms with Crippen LogP contribution in [0.1, 0.15) is 13.8 Å². The highest BCUT2D eigenvalue weighted by Gasteiger charge is 2.41. The Bertz CT molecular complexity index is 812. The van der Waals surface area contributed by atoms with Gasteiger partial charge in [-0.05, 0) is 50.2 Å². The SMILES string of the molecule is [B][C@@H]1O[C@H](/C=C/P(=C)(O)O)C(O)[C@@H]1OCC.[B][C@@H]1O[C@H](/C=C/P(=C)(O)O)C(O)[C@@H]1OCC(C)=O. The lowest BCUT2D eigenvalue weighted by atomic mass is 9.93. The third-order valence-electron chi connectivity index (χ3n) is 4.49. The van der Waals surface area contributed by atoms with Gasteiger partial charge in [0.1, 0.15) is 73.6 Å². The lowest BCUT2D eigenvalue weighted by Gasteiger charge is -2.17. The van der Waals surface area contributed by atoms with Gasteiger partial charge < -0.3 is 48.7 Å². The zero-order valence-corrected chi connectivity index (χ0v) is 20.8. The van der Waals surface area contributed by atoms with E-state index in [1.54, 1.807) is 6.92 Å². The fourth-order valence-corrected chi connectivity index (χ4v) is 3.89. The van der Waals surface area contributed by atoms with Gasteiger partial charge in [0.15, 0.2) is 5.78 Å². The Labute approximate surface area is 202 Å². The largest absolute Gasteiger partial charge is 0.387 e. The molecule has 0 bridgehead atoms. The van der Waals surface area contributed by atoms with Crippen LogP contribution >= 0.6 is 14.7 Å². The van der Waals surface area contributed by atoms with Crippen LogP contribution in [0.25, 0.3) is 0 Å². The molecule has 190 valence electrons. The van der Waals surface area contributed by atoms with Gasteiger partial charge in [0.05, 0.1) is 0 Å². The molecule has 11 nitrogen and oxygen atoms in total. The Morgan fingerprint density at radius 3 is 1.62 bits per heavy atom. The van der Waals surface area contributed by atoms with Gasteiger partial charge in [-0.15, -0.1) is 0 Å². The molecule has 2 unspecified atom stereocenters. The van der Waals surface area contributed by atoms with Crippen molar-refractivity contribution in [1.29, 1.82) is 0 Å². The molecule has 0 aromatic rings. The minimum absolute atomic E-state index is 0.165. The standard InChI is InChI=1S/C10H16BO6P.C9H16BO5P/c1-6(12)5-16-9-8(13)7(17-10(9)11)3-4-18(2,14)15;1-3-14-8-7(11)6(15-9(8)10)4-5-16(2,12)13/h3-4,7-10,13-15H,2,5H2,1H3;4-9,11-13H,2-3H2,1H3/b4-3+;5-4+/t7-,8?,9+,10-;6-,7?,8+,9-/m11/s1. The highest BCUT2D eigenvalue weighted by Crippen LogP contribution is 2.37. The summed E-state index contributed by atoms with van der Waals surface area (Å²) in [6, 6.07) is -1.61. The van der Waals surface area contributed by atoms with Gasteiger partial charge >= 0.3 is 0 Å². The molecule has 34 heavy (non-hydrogen) atoms. The van der Waals surface area contributed by atoms with Gasteiger partial charge in [0.2, 0.25) is 0 Å². The number of hydrogen-bond donors (Lipinski definition) is 6. The molecule has 0 saturated carbocycles. The van der Waals surface area contributed by atoms with Crippen LogP contribution in [0, 0.1) is 0 Å². The van der Waals surface area contributed by atoms with Gasteiger partial charge in [-0.25, -0.2) is 0 Å². The minimum atomic E-state index is -3.32. The van der Waals surface area contributed by atoms with Crippen molar-refractivity contribution in [3.63, 3.8) is 0 Å². The third-order valence-corrected chi connectivity index (χ3v) is 5.79. The summed E-state index contributed by atoms with van der Waals surface area (Å²) in [6.45, 7) is 3.39. The Balaban J connectivity index is 0.000000342. The van der Waals surface area contributed by atoms with Crippen LogP contribution in [0.2, 0.25) is 0 Å². The van der Waals surface area contributed by atoms with Crippen molar-refractivity contribution in [2.24, 2.45) is 0 Å². The van der Waals surface area contributed by atoms with Crippen LogP contribution < -0.4 is 0 Å². The van der Waals surface area contributed by atoms with E-state index in [4.69, 9.17) is 54.2 Å². The van der Waals surface area contributed by atoms with Gasteiger partial charge in [0.25, 0.3) is 0 Å². The molecule has 0 amide bonds. The lowest BCUT2D eigenvalue weighted by Crippen LogP contribution is -2.36. The molecule has 2 fully saturated rings. The quantitative estimate of drug-likeness (QED) is 0.153. The molecule has 2 rings (SSSR count). The number of carbonyl (C=O) groups is 1. The van der Waals surface area contributed by atoms with E-state index in [9.17, 15) is 15.0 Å². The second-order valence-electron chi connectivity index (χ2n) is 7.76. The first-order valence-electron chi connectivity index (χ1n) is 10.2. The molecule has 2 saturated heterocycles. The smallest absolute Gasteiger partial charge is 0.155 e. The van der Waals surface area contributed by atoms with Crippen molar-refractivity contribution in [3.05, 3.63) is 23.8 Å². The molecule has 0 aromatic carbocycles. The van der Waals surface area contributed by atoms with Gasteiger partial charge in [0, 0.05) is 18.6 Å². The summed E-state index contributed by atoms with van der Waals surface area (Å²) in [6.07, 6.45) is 3.98. The van der Waals surface area contributed by atoms with Crippen LogP contribution in [0.15, 0.2) is 23.8 Å². The molecule has 2 aliphatic rings. The van der Waals surface area contributed by atoms with E-state index >= 15 is 0 Å². The first kappa shape index (κ1) is 31.5.